The Morgan fingerprint density at radius 2 is 2.05 bits per heavy atom. The molecular weight excluding hydrogens is 292 g/mol. The lowest BCUT2D eigenvalue weighted by atomic mass is 9.99. The highest BCUT2D eigenvalue weighted by molar-refractivity contribution is 7.88. The fraction of sp³-hybridized carbons (Fsp3) is 0.500. The third kappa shape index (κ3) is 4.52. The van der Waals surface area contributed by atoms with Crippen molar-refractivity contribution in [1.82, 2.24) is 9.62 Å². The molecule has 0 aromatic heterocycles. The number of sulfonamides is 1. The fourth-order valence-corrected chi connectivity index (χ4v) is 2.50. The molecule has 0 saturated carbocycles. The first-order chi connectivity index (χ1) is 9.86. The molecule has 1 N–H and O–H groups in total. The number of nitrogens with zero attached hydrogens (tertiary/aromatic N) is 1. The molecule has 0 spiro atoms. The molecule has 1 amide bonds. The Morgan fingerprint density at radius 3 is 2.71 bits per heavy atom. The van der Waals surface area contributed by atoms with Crippen LogP contribution in [0.5, 0.6) is 0 Å². The van der Waals surface area contributed by atoms with Crippen molar-refractivity contribution in [2.75, 3.05) is 26.4 Å². The maximum atomic E-state index is 11.7. The van der Waals surface area contributed by atoms with Gasteiger partial charge in [-0.2, -0.15) is 4.31 Å². The van der Waals surface area contributed by atoms with Gasteiger partial charge < -0.3 is 10.1 Å². The summed E-state index contributed by atoms with van der Waals surface area (Å²) in [5, 5.41) is 2.72. The lowest BCUT2D eigenvalue weighted by Gasteiger charge is -2.25. The van der Waals surface area contributed by atoms with Gasteiger partial charge in [-0.1, -0.05) is 24.3 Å². The molecule has 0 saturated heterocycles. The van der Waals surface area contributed by atoms with Crippen LogP contribution in [0.4, 0.5) is 0 Å². The van der Waals surface area contributed by atoms with Crippen LogP contribution in [0, 0.1) is 0 Å². The molecule has 1 aliphatic rings. The van der Waals surface area contributed by atoms with Crippen LogP contribution in [-0.2, 0) is 32.6 Å². The molecule has 21 heavy (non-hydrogen) atoms. The van der Waals surface area contributed by atoms with Crippen LogP contribution >= 0.6 is 0 Å². The lowest BCUT2D eigenvalue weighted by molar-refractivity contribution is -0.121. The van der Waals surface area contributed by atoms with Gasteiger partial charge in [0.2, 0.25) is 15.9 Å². The first-order valence-corrected chi connectivity index (χ1v) is 8.57. The molecule has 0 bridgehead atoms. The van der Waals surface area contributed by atoms with Crippen molar-refractivity contribution in [3.8, 4) is 0 Å². The van der Waals surface area contributed by atoms with E-state index in [9.17, 15) is 13.2 Å². The number of benzene rings is 1. The highest BCUT2D eigenvalue weighted by atomic mass is 32.2. The largest absolute Gasteiger partial charge is 0.371 e. The first-order valence-electron chi connectivity index (χ1n) is 6.72. The highest BCUT2D eigenvalue weighted by Crippen LogP contribution is 2.19. The topological polar surface area (TPSA) is 75.7 Å². The summed E-state index contributed by atoms with van der Waals surface area (Å²) in [5.41, 5.74) is 2.41. The van der Waals surface area contributed by atoms with Gasteiger partial charge in [0, 0.05) is 20.0 Å². The van der Waals surface area contributed by atoms with Crippen LogP contribution < -0.4 is 5.32 Å². The third-order valence-electron chi connectivity index (χ3n) is 3.50. The van der Waals surface area contributed by atoms with Crippen molar-refractivity contribution in [3.05, 3.63) is 35.4 Å². The lowest BCUT2D eigenvalue weighted by Crippen LogP contribution is -2.42. The second-order valence-corrected chi connectivity index (χ2v) is 7.32. The minimum absolute atomic E-state index is 0.0765. The Kier molecular flexibility index (Phi) is 4.97. The Hall–Kier alpha value is -1.44. The summed E-state index contributed by atoms with van der Waals surface area (Å²) < 4.78 is 29.2. The van der Waals surface area contributed by atoms with Gasteiger partial charge in [-0.3, -0.25) is 4.79 Å². The molecule has 116 valence electrons. The van der Waals surface area contributed by atoms with Gasteiger partial charge >= 0.3 is 0 Å². The number of hydrogen-bond acceptors (Lipinski definition) is 4. The van der Waals surface area contributed by atoms with Gasteiger partial charge in [0.05, 0.1) is 25.5 Å². The smallest absolute Gasteiger partial charge is 0.235 e. The van der Waals surface area contributed by atoms with Crippen LogP contribution in [0.3, 0.4) is 0 Å². The summed E-state index contributed by atoms with van der Waals surface area (Å²) in [4.78, 5) is 11.7. The van der Waals surface area contributed by atoms with E-state index in [-0.39, 0.29) is 18.6 Å². The van der Waals surface area contributed by atoms with E-state index >= 15 is 0 Å². The van der Waals surface area contributed by atoms with Crippen molar-refractivity contribution in [2.45, 2.75) is 19.1 Å². The van der Waals surface area contributed by atoms with E-state index in [4.69, 9.17) is 4.74 Å². The SMILES string of the molecule is CN(CC(=O)NC[C@H]1Cc2ccccc2CO1)S(C)(=O)=O. The molecule has 0 unspecified atom stereocenters. The second kappa shape index (κ2) is 6.55. The standard InChI is InChI=1S/C14H20N2O4S/c1-16(21(2,18)19)9-14(17)15-8-13-7-11-5-3-4-6-12(11)10-20-13/h3-6,13H,7-10H2,1-2H3,(H,15,17)/t13-/m1/s1. The van der Waals surface area contributed by atoms with E-state index in [1.54, 1.807) is 0 Å². The zero-order valence-corrected chi connectivity index (χ0v) is 13.0. The average Bonchev–Trinajstić information content (AvgIpc) is 2.44. The van der Waals surface area contributed by atoms with Gasteiger partial charge in [-0.25, -0.2) is 8.42 Å². The van der Waals surface area contributed by atoms with E-state index in [0.29, 0.717) is 13.2 Å². The Bertz CT molecular complexity index is 615. The number of carbonyl (C=O) groups is 1. The molecule has 1 aromatic carbocycles. The van der Waals surface area contributed by atoms with Crippen LogP contribution in [-0.4, -0.2) is 51.1 Å². The van der Waals surface area contributed by atoms with Crippen LogP contribution in [0.2, 0.25) is 0 Å². The first kappa shape index (κ1) is 15.9. The fourth-order valence-electron chi connectivity index (χ4n) is 2.14. The molecule has 6 nitrogen and oxygen atoms in total. The second-order valence-electron chi connectivity index (χ2n) is 5.23. The van der Waals surface area contributed by atoms with Gasteiger partial charge in [0.25, 0.3) is 0 Å². The predicted molar refractivity (Wildman–Crippen MR) is 79.2 cm³/mol. The van der Waals surface area contributed by atoms with E-state index in [1.807, 2.05) is 18.2 Å². The summed E-state index contributed by atoms with van der Waals surface area (Å²) in [5.74, 6) is -0.328. The highest BCUT2D eigenvalue weighted by Gasteiger charge is 2.20. The summed E-state index contributed by atoms with van der Waals surface area (Å²) in [6.07, 6.45) is 1.74. The van der Waals surface area contributed by atoms with Crippen LogP contribution in [0.15, 0.2) is 24.3 Å². The normalized spacial score (nSPS) is 18.3. The number of nitrogens with one attached hydrogen (secondary N) is 1. The number of ether oxygens (including phenoxy) is 1. The zero-order valence-electron chi connectivity index (χ0n) is 12.2. The molecule has 1 atom stereocenters. The average molecular weight is 312 g/mol. The molecular formula is C14H20N2O4S. The maximum Gasteiger partial charge on any atom is 0.235 e. The molecule has 1 aliphatic heterocycles. The zero-order chi connectivity index (χ0) is 15.5. The minimum Gasteiger partial charge on any atom is -0.371 e. The molecule has 0 aliphatic carbocycles. The van der Waals surface area contributed by atoms with Gasteiger partial charge in [0.15, 0.2) is 0 Å². The Labute approximate surface area is 125 Å². The summed E-state index contributed by atoms with van der Waals surface area (Å²) in [6.45, 7) is 0.743. The summed E-state index contributed by atoms with van der Waals surface area (Å²) in [7, 11) is -1.96. The Morgan fingerprint density at radius 1 is 1.38 bits per heavy atom. The summed E-state index contributed by atoms with van der Waals surface area (Å²) >= 11 is 0. The van der Waals surface area contributed by atoms with Crippen LogP contribution in [0.1, 0.15) is 11.1 Å². The van der Waals surface area contributed by atoms with Gasteiger partial charge in [-0.05, 0) is 11.1 Å². The van der Waals surface area contributed by atoms with Crippen molar-refractivity contribution in [2.24, 2.45) is 0 Å². The van der Waals surface area contributed by atoms with Crippen molar-refractivity contribution >= 4 is 15.9 Å². The number of rotatable bonds is 5. The quantitative estimate of drug-likeness (QED) is 0.839. The van der Waals surface area contributed by atoms with Gasteiger partial charge in [-0.15, -0.1) is 0 Å². The number of amides is 1. The molecule has 0 radical (unpaired) electrons. The monoisotopic (exact) mass is 312 g/mol. The third-order valence-corrected chi connectivity index (χ3v) is 4.76. The van der Waals surface area contributed by atoms with E-state index in [0.717, 1.165) is 17.0 Å². The van der Waals surface area contributed by atoms with Crippen molar-refractivity contribution in [3.63, 3.8) is 0 Å². The predicted octanol–water partition coefficient (Wildman–Crippen LogP) is 0.136. The molecule has 2 rings (SSSR count). The summed E-state index contributed by atoms with van der Waals surface area (Å²) in [6, 6.07) is 8.06. The number of fused-ring (bicyclic) bond motifs is 1. The number of carbonyl (C=O) groups excluding carboxylic acids is 1. The molecule has 1 heterocycles. The van der Waals surface area contributed by atoms with E-state index in [1.165, 1.54) is 18.2 Å². The molecule has 7 heteroatoms. The van der Waals surface area contributed by atoms with E-state index < -0.39 is 10.0 Å². The van der Waals surface area contributed by atoms with Crippen molar-refractivity contribution < 1.29 is 17.9 Å². The minimum atomic E-state index is -3.34. The number of hydrogen-bond donors (Lipinski definition) is 1. The Balaban J connectivity index is 1.81. The molecule has 1 aromatic rings. The van der Waals surface area contributed by atoms with Crippen molar-refractivity contribution in [1.29, 1.82) is 0 Å². The molecule has 0 fully saturated rings. The van der Waals surface area contributed by atoms with Crippen LogP contribution in [0.25, 0.3) is 0 Å². The maximum absolute atomic E-state index is 11.7. The number of likely N-dealkylation sites (N-methyl/N-ethyl adjacent to an activating group) is 1. The van der Waals surface area contributed by atoms with E-state index in [2.05, 4.69) is 11.4 Å². The van der Waals surface area contributed by atoms with Gasteiger partial charge in [0.1, 0.15) is 0 Å².